The fourth-order valence-corrected chi connectivity index (χ4v) is 6.36. The lowest BCUT2D eigenvalue weighted by Crippen LogP contribution is -2.47. The van der Waals surface area contributed by atoms with Crippen molar-refractivity contribution in [1.82, 2.24) is 9.88 Å². The molecule has 2 aliphatic rings. The number of benzene rings is 3. The number of carbonyl (C=O) groups is 1. The Kier molecular flexibility index (Phi) is 7.80. The number of aromatic nitrogens is 1. The molecule has 1 aromatic heterocycles. The Morgan fingerprint density at radius 1 is 0.881 bits per heavy atom. The van der Waals surface area contributed by atoms with Crippen molar-refractivity contribution in [2.45, 2.75) is 39.3 Å². The third-order valence-electron chi connectivity index (χ3n) is 8.39. The molecule has 2 unspecified atom stereocenters. The number of hydrogen-bond acceptors (Lipinski definition) is 4. The highest BCUT2D eigenvalue weighted by molar-refractivity contribution is 7.80. The summed E-state index contributed by atoms with van der Waals surface area (Å²) in [4.78, 5) is 28.1. The maximum Gasteiger partial charge on any atom is 0.251 e. The van der Waals surface area contributed by atoms with Crippen LogP contribution in [0.3, 0.4) is 0 Å². The molecule has 8 heteroatoms. The number of pyridine rings is 1. The summed E-state index contributed by atoms with van der Waals surface area (Å²) in [7, 11) is 0. The molecule has 3 aromatic carbocycles. The van der Waals surface area contributed by atoms with Gasteiger partial charge < -0.3 is 25.4 Å². The summed E-state index contributed by atoms with van der Waals surface area (Å²) >= 11 is 5.75. The van der Waals surface area contributed by atoms with Gasteiger partial charge in [-0.3, -0.25) is 9.59 Å². The number of amides is 1. The van der Waals surface area contributed by atoms with Gasteiger partial charge in [-0.1, -0.05) is 42.5 Å². The first-order valence-electron chi connectivity index (χ1n) is 14.4. The van der Waals surface area contributed by atoms with Gasteiger partial charge in [0, 0.05) is 55.1 Å². The van der Waals surface area contributed by atoms with Gasteiger partial charge in [0.2, 0.25) is 0 Å². The molecule has 1 saturated heterocycles. The van der Waals surface area contributed by atoms with Gasteiger partial charge in [0.25, 0.3) is 11.5 Å². The molecule has 7 nitrogen and oxygen atoms in total. The SMILES string of the molecule is Cc1ccc(NC(=S)Nc2cc(C(=O)NCc3ccccc3)ccc2N2CC3CC(C2)c2cccc(=O)n2C3)cc1C. The zero-order valence-corrected chi connectivity index (χ0v) is 24.7. The van der Waals surface area contributed by atoms with E-state index in [0.717, 1.165) is 54.4 Å². The highest BCUT2D eigenvalue weighted by atomic mass is 32.1. The van der Waals surface area contributed by atoms with E-state index in [1.54, 1.807) is 6.07 Å². The number of nitrogens with one attached hydrogen (secondary N) is 3. The van der Waals surface area contributed by atoms with Crippen LogP contribution in [0, 0.1) is 19.8 Å². The lowest BCUT2D eigenvalue weighted by molar-refractivity contribution is 0.0951. The van der Waals surface area contributed by atoms with E-state index in [1.807, 2.05) is 65.2 Å². The Labute approximate surface area is 251 Å². The quantitative estimate of drug-likeness (QED) is 0.251. The van der Waals surface area contributed by atoms with Crippen molar-refractivity contribution in [3.8, 4) is 0 Å². The van der Waals surface area contributed by atoms with Crippen LogP contribution in [0.25, 0.3) is 0 Å². The van der Waals surface area contributed by atoms with Crippen LogP contribution in [-0.2, 0) is 13.1 Å². The lowest BCUT2D eigenvalue weighted by atomic mass is 9.83. The molecule has 0 spiro atoms. The monoisotopic (exact) mass is 577 g/mol. The number of nitrogens with zero attached hydrogens (tertiary/aromatic N) is 2. The first kappa shape index (κ1) is 27.7. The lowest BCUT2D eigenvalue weighted by Gasteiger charge is -2.44. The average molecular weight is 578 g/mol. The van der Waals surface area contributed by atoms with Crippen LogP contribution in [-0.4, -0.2) is 28.7 Å². The van der Waals surface area contributed by atoms with Crippen molar-refractivity contribution in [2.24, 2.45) is 5.92 Å². The molecule has 2 aliphatic heterocycles. The maximum atomic E-state index is 13.2. The van der Waals surface area contributed by atoms with Crippen molar-refractivity contribution < 1.29 is 4.79 Å². The first-order chi connectivity index (χ1) is 20.3. The molecule has 2 atom stereocenters. The minimum Gasteiger partial charge on any atom is -0.369 e. The van der Waals surface area contributed by atoms with Gasteiger partial charge in [0.05, 0.1) is 11.4 Å². The predicted molar refractivity (Wildman–Crippen MR) is 174 cm³/mol. The zero-order chi connectivity index (χ0) is 29.2. The Morgan fingerprint density at radius 2 is 1.71 bits per heavy atom. The Balaban J connectivity index is 1.27. The normalized spacial score (nSPS) is 17.2. The molecule has 0 radical (unpaired) electrons. The molecule has 3 N–H and O–H groups in total. The molecule has 1 fully saturated rings. The number of rotatable bonds is 6. The summed E-state index contributed by atoms with van der Waals surface area (Å²) < 4.78 is 1.94. The predicted octanol–water partition coefficient (Wildman–Crippen LogP) is 5.83. The number of aryl methyl sites for hydroxylation is 2. The molecule has 42 heavy (non-hydrogen) atoms. The Morgan fingerprint density at radius 3 is 2.52 bits per heavy atom. The topological polar surface area (TPSA) is 78.4 Å². The summed E-state index contributed by atoms with van der Waals surface area (Å²) in [5.41, 5.74) is 7.83. The third-order valence-corrected chi connectivity index (χ3v) is 8.59. The van der Waals surface area contributed by atoms with E-state index in [9.17, 15) is 9.59 Å². The number of carbonyl (C=O) groups excluding carboxylic acids is 1. The Bertz CT molecular complexity index is 1700. The zero-order valence-electron chi connectivity index (χ0n) is 23.9. The molecule has 4 aromatic rings. The number of piperidine rings is 1. The van der Waals surface area contributed by atoms with Crippen molar-refractivity contribution >= 4 is 40.3 Å². The molecule has 0 saturated carbocycles. The van der Waals surface area contributed by atoms with E-state index in [0.29, 0.717) is 23.1 Å². The van der Waals surface area contributed by atoms with Crippen molar-refractivity contribution in [3.63, 3.8) is 0 Å². The number of anilines is 3. The van der Waals surface area contributed by atoms with Crippen molar-refractivity contribution in [1.29, 1.82) is 0 Å². The number of thiocarbonyl (C=S) groups is 1. The van der Waals surface area contributed by atoms with Gasteiger partial charge in [-0.25, -0.2) is 0 Å². The first-order valence-corrected chi connectivity index (χ1v) is 14.8. The second-order valence-corrected chi connectivity index (χ2v) is 11.8. The molecular weight excluding hydrogens is 542 g/mol. The fraction of sp³-hybridized carbons (Fsp3) is 0.265. The van der Waals surface area contributed by atoms with E-state index in [-0.39, 0.29) is 17.4 Å². The van der Waals surface area contributed by atoms with Crippen molar-refractivity contribution in [2.75, 3.05) is 28.6 Å². The minimum absolute atomic E-state index is 0.0756. The second-order valence-electron chi connectivity index (χ2n) is 11.4. The van der Waals surface area contributed by atoms with Crippen LogP contribution in [0.2, 0.25) is 0 Å². The summed E-state index contributed by atoms with van der Waals surface area (Å²) in [5.74, 6) is 0.470. The van der Waals surface area contributed by atoms with Crippen LogP contribution < -0.4 is 26.4 Å². The number of fused-ring (bicyclic) bond motifs is 4. The molecule has 214 valence electrons. The van der Waals surface area contributed by atoms with E-state index >= 15 is 0 Å². The molecule has 6 rings (SSSR count). The van der Waals surface area contributed by atoms with Gasteiger partial charge in [0.1, 0.15) is 0 Å². The highest BCUT2D eigenvalue weighted by Gasteiger charge is 2.35. The van der Waals surface area contributed by atoms with Crippen molar-refractivity contribution in [3.05, 3.63) is 123 Å². The maximum absolute atomic E-state index is 13.2. The largest absolute Gasteiger partial charge is 0.369 e. The summed E-state index contributed by atoms with van der Waals surface area (Å²) in [5, 5.41) is 10.2. The number of hydrogen-bond donors (Lipinski definition) is 3. The standard InChI is InChI=1S/C34H35N5O2S/c1-22-11-13-28(15-23(22)2)36-34(42)37-29-17-26(33(41)35-18-24-7-4-3-5-8-24)12-14-31(29)38-19-25-16-27(21-38)30-9-6-10-32(40)39(30)20-25/h3-15,17,25,27H,16,18-21H2,1-2H3,(H,35,41)(H2,36,37,42). The van der Waals surface area contributed by atoms with E-state index < -0.39 is 0 Å². The second kappa shape index (κ2) is 11.8. The van der Waals surface area contributed by atoms with Gasteiger partial charge in [-0.15, -0.1) is 0 Å². The van der Waals surface area contributed by atoms with Gasteiger partial charge >= 0.3 is 0 Å². The summed E-state index contributed by atoms with van der Waals surface area (Å²) in [6, 6.07) is 27.4. The smallest absolute Gasteiger partial charge is 0.251 e. The average Bonchev–Trinajstić information content (AvgIpc) is 2.99. The molecular formula is C34H35N5O2S. The van der Waals surface area contributed by atoms with Gasteiger partial charge in [-0.2, -0.15) is 0 Å². The molecule has 1 amide bonds. The van der Waals surface area contributed by atoms with Crippen LogP contribution in [0.4, 0.5) is 17.1 Å². The van der Waals surface area contributed by atoms with Crippen LogP contribution in [0.5, 0.6) is 0 Å². The summed E-state index contributed by atoms with van der Waals surface area (Å²) in [6.45, 7) is 6.93. The summed E-state index contributed by atoms with van der Waals surface area (Å²) in [6.07, 6.45) is 1.06. The van der Waals surface area contributed by atoms with Crippen LogP contribution in [0.15, 0.2) is 89.7 Å². The van der Waals surface area contributed by atoms with Gasteiger partial charge in [0.15, 0.2) is 5.11 Å². The minimum atomic E-state index is -0.148. The molecule has 2 bridgehead atoms. The Hall–Kier alpha value is -4.43. The van der Waals surface area contributed by atoms with Crippen LogP contribution >= 0.6 is 12.2 Å². The molecule has 0 aliphatic carbocycles. The van der Waals surface area contributed by atoms with E-state index in [2.05, 4.69) is 52.9 Å². The van der Waals surface area contributed by atoms with Gasteiger partial charge in [-0.05, 0) is 91.5 Å². The molecule has 3 heterocycles. The highest BCUT2D eigenvalue weighted by Crippen LogP contribution is 2.39. The fourth-order valence-electron chi connectivity index (χ4n) is 6.13. The van der Waals surface area contributed by atoms with Crippen LogP contribution in [0.1, 0.15) is 45.1 Å². The van der Waals surface area contributed by atoms with E-state index in [1.165, 1.54) is 11.1 Å². The third kappa shape index (κ3) is 5.94. The van der Waals surface area contributed by atoms with E-state index in [4.69, 9.17) is 12.2 Å².